The Bertz CT molecular complexity index is 117. The predicted molar refractivity (Wildman–Crippen MR) is 62.1 cm³/mol. The molecule has 0 saturated heterocycles. The molecule has 0 aromatic heterocycles. The van der Waals surface area contributed by atoms with E-state index < -0.39 is 0 Å². The van der Waals surface area contributed by atoms with E-state index in [0.29, 0.717) is 25.9 Å². The summed E-state index contributed by atoms with van der Waals surface area (Å²) in [6, 6.07) is 0. The van der Waals surface area contributed by atoms with E-state index in [0.717, 1.165) is 12.8 Å². The van der Waals surface area contributed by atoms with Crippen LogP contribution in [-0.2, 0) is 9.47 Å². The molecule has 0 aliphatic rings. The van der Waals surface area contributed by atoms with Gasteiger partial charge in [-0.3, -0.25) is 0 Å². The molecule has 1 atom stereocenters. The highest BCUT2D eigenvalue weighted by atomic mass is 16.5. The van der Waals surface area contributed by atoms with Gasteiger partial charge in [-0.1, -0.05) is 33.1 Å². The number of rotatable bonds is 11. The van der Waals surface area contributed by atoms with Crippen LogP contribution in [0.4, 0.5) is 0 Å². The van der Waals surface area contributed by atoms with Gasteiger partial charge in [-0.15, -0.1) is 0 Å². The Labute approximate surface area is 93.8 Å². The highest BCUT2D eigenvalue weighted by molar-refractivity contribution is 4.55. The normalized spacial score (nSPS) is 13.0. The van der Waals surface area contributed by atoms with Gasteiger partial charge in [0.25, 0.3) is 0 Å². The Morgan fingerprint density at radius 3 is 2.47 bits per heavy atom. The smallest absolute Gasteiger partial charge is 0.0704 e. The first kappa shape index (κ1) is 14.9. The molecule has 0 aliphatic heterocycles. The van der Waals surface area contributed by atoms with E-state index in [4.69, 9.17) is 14.6 Å². The summed E-state index contributed by atoms with van der Waals surface area (Å²) in [6.07, 6.45) is 6.42. The first-order valence-electron chi connectivity index (χ1n) is 6.15. The molecule has 3 nitrogen and oxygen atoms in total. The molecule has 1 N–H and O–H groups in total. The summed E-state index contributed by atoms with van der Waals surface area (Å²) in [5.41, 5.74) is 0. The summed E-state index contributed by atoms with van der Waals surface area (Å²) in [4.78, 5) is 0. The van der Waals surface area contributed by atoms with E-state index in [1.807, 2.05) is 0 Å². The minimum Gasteiger partial charge on any atom is -0.394 e. The Balaban J connectivity index is 3.28. The zero-order valence-corrected chi connectivity index (χ0v) is 10.2. The van der Waals surface area contributed by atoms with E-state index >= 15 is 0 Å². The van der Waals surface area contributed by atoms with Crippen molar-refractivity contribution in [3.05, 3.63) is 0 Å². The largest absolute Gasteiger partial charge is 0.394 e. The van der Waals surface area contributed by atoms with Crippen LogP contribution in [0.1, 0.15) is 46.0 Å². The van der Waals surface area contributed by atoms with Crippen LogP contribution in [0.25, 0.3) is 0 Å². The highest BCUT2D eigenvalue weighted by Gasteiger charge is 2.05. The van der Waals surface area contributed by atoms with Crippen molar-refractivity contribution < 1.29 is 14.6 Å². The molecule has 3 heteroatoms. The van der Waals surface area contributed by atoms with Gasteiger partial charge in [0.2, 0.25) is 0 Å². The second-order valence-electron chi connectivity index (χ2n) is 3.73. The van der Waals surface area contributed by atoms with Crippen molar-refractivity contribution in [3.8, 4) is 0 Å². The van der Waals surface area contributed by atoms with E-state index in [1.165, 1.54) is 19.3 Å². The number of aliphatic hydroxyl groups excluding tert-OH is 1. The first-order chi connectivity index (χ1) is 7.35. The minimum atomic E-state index is 0.0910. The zero-order chi connectivity index (χ0) is 11.4. The standard InChI is InChI=1S/C12H26O3/c1-3-5-6-7-12(4-2)15-11-10-14-9-8-13/h12-13H,3-11H2,1-2H3. The van der Waals surface area contributed by atoms with Crippen molar-refractivity contribution >= 4 is 0 Å². The predicted octanol–water partition coefficient (Wildman–Crippen LogP) is 2.37. The van der Waals surface area contributed by atoms with Crippen LogP contribution >= 0.6 is 0 Å². The van der Waals surface area contributed by atoms with Crippen LogP contribution in [0.2, 0.25) is 0 Å². The van der Waals surface area contributed by atoms with Gasteiger partial charge in [0.15, 0.2) is 0 Å². The molecule has 0 spiro atoms. The summed E-state index contributed by atoms with van der Waals surface area (Å²) in [6.45, 7) is 6.11. The van der Waals surface area contributed by atoms with Crippen molar-refractivity contribution in [1.29, 1.82) is 0 Å². The van der Waals surface area contributed by atoms with Gasteiger partial charge in [-0.2, -0.15) is 0 Å². The molecule has 0 bridgehead atoms. The van der Waals surface area contributed by atoms with Crippen LogP contribution in [-0.4, -0.2) is 37.6 Å². The Morgan fingerprint density at radius 1 is 1.07 bits per heavy atom. The number of ether oxygens (including phenoxy) is 2. The number of hydrogen-bond donors (Lipinski definition) is 1. The highest BCUT2D eigenvalue weighted by Crippen LogP contribution is 2.09. The lowest BCUT2D eigenvalue weighted by atomic mass is 10.1. The maximum absolute atomic E-state index is 8.50. The summed E-state index contributed by atoms with van der Waals surface area (Å²) in [5.74, 6) is 0. The summed E-state index contributed by atoms with van der Waals surface area (Å²) >= 11 is 0. The molecule has 0 amide bonds. The van der Waals surface area contributed by atoms with Crippen LogP contribution in [0.5, 0.6) is 0 Å². The molecule has 0 fully saturated rings. The van der Waals surface area contributed by atoms with E-state index in [1.54, 1.807) is 0 Å². The summed E-state index contributed by atoms with van der Waals surface area (Å²) < 4.78 is 10.8. The third-order valence-electron chi connectivity index (χ3n) is 2.40. The van der Waals surface area contributed by atoms with E-state index in [9.17, 15) is 0 Å². The topological polar surface area (TPSA) is 38.7 Å². The van der Waals surface area contributed by atoms with Crippen LogP contribution in [0.3, 0.4) is 0 Å². The molecule has 0 heterocycles. The van der Waals surface area contributed by atoms with Gasteiger partial charge in [-0.25, -0.2) is 0 Å². The van der Waals surface area contributed by atoms with Crippen LogP contribution in [0.15, 0.2) is 0 Å². The lowest BCUT2D eigenvalue weighted by Gasteiger charge is -2.15. The molecule has 0 aromatic rings. The quantitative estimate of drug-likeness (QED) is 0.541. The average molecular weight is 218 g/mol. The monoisotopic (exact) mass is 218 g/mol. The van der Waals surface area contributed by atoms with Crippen molar-refractivity contribution in [2.24, 2.45) is 0 Å². The molecule has 1 unspecified atom stereocenters. The molecular weight excluding hydrogens is 192 g/mol. The van der Waals surface area contributed by atoms with Crippen molar-refractivity contribution in [1.82, 2.24) is 0 Å². The molecule has 0 rings (SSSR count). The molecular formula is C12H26O3. The average Bonchev–Trinajstić information content (AvgIpc) is 2.26. The van der Waals surface area contributed by atoms with Gasteiger partial charge in [0.1, 0.15) is 0 Å². The van der Waals surface area contributed by atoms with Crippen molar-refractivity contribution in [2.45, 2.75) is 52.1 Å². The van der Waals surface area contributed by atoms with Gasteiger partial charge >= 0.3 is 0 Å². The third-order valence-corrected chi connectivity index (χ3v) is 2.40. The van der Waals surface area contributed by atoms with Gasteiger partial charge in [-0.05, 0) is 12.8 Å². The molecule has 0 aliphatic carbocycles. The van der Waals surface area contributed by atoms with Gasteiger partial charge in [0.05, 0.1) is 32.5 Å². The first-order valence-corrected chi connectivity index (χ1v) is 6.15. The molecule has 15 heavy (non-hydrogen) atoms. The fourth-order valence-electron chi connectivity index (χ4n) is 1.47. The van der Waals surface area contributed by atoms with Crippen molar-refractivity contribution in [2.75, 3.05) is 26.4 Å². The van der Waals surface area contributed by atoms with Crippen LogP contribution < -0.4 is 0 Å². The minimum absolute atomic E-state index is 0.0910. The molecule has 0 saturated carbocycles. The third kappa shape index (κ3) is 10.2. The summed E-state index contributed by atoms with van der Waals surface area (Å²) in [7, 11) is 0. The van der Waals surface area contributed by atoms with Gasteiger partial charge in [0, 0.05) is 0 Å². The Kier molecular flexibility index (Phi) is 11.9. The van der Waals surface area contributed by atoms with Gasteiger partial charge < -0.3 is 14.6 Å². The number of aliphatic hydroxyl groups is 1. The fourth-order valence-corrected chi connectivity index (χ4v) is 1.47. The lowest BCUT2D eigenvalue weighted by molar-refractivity contribution is -0.00738. The van der Waals surface area contributed by atoms with Crippen LogP contribution in [0, 0.1) is 0 Å². The summed E-state index contributed by atoms with van der Waals surface area (Å²) in [5, 5.41) is 8.50. The van der Waals surface area contributed by atoms with Crippen molar-refractivity contribution in [3.63, 3.8) is 0 Å². The second-order valence-corrected chi connectivity index (χ2v) is 3.73. The molecule has 92 valence electrons. The molecule has 0 radical (unpaired) electrons. The Hall–Kier alpha value is -0.120. The maximum atomic E-state index is 8.50. The van der Waals surface area contributed by atoms with E-state index in [-0.39, 0.29) is 6.61 Å². The van der Waals surface area contributed by atoms with E-state index in [2.05, 4.69) is 13.8 Å². The number of hydrogen-bond acceptors (Lipinski definition) is 3. The Morgan fingerprint density at radius 2 is 1.87 bits per heavy atom. The lowest BCUT2D eigenvalue weighted by Crippen LogP contribution is -2.16. The SMILES string of the molecule is CCCCCC(CC)OCCOCCO. The molecule has 0 aromatic carbocycles. The zero-order valence-electron chi connectivity index (χ0n) is 10.2. The fraction of sp³-hybridized carbons (Fsp3) is 1.00. The maximum Gasteiger partial charge on any atom is 0.0704 e. The second kappa shape index (κ2) is 12.0. The number of unbranched alkanes of at least 4 members (excludes halogenated alkanes) is 2.